The summed E-state index contributed by atoms with van der Waals surface area (Å²) in [5.41, 5.74) is 0.786. The quantitative estimate of drug-likeness (QED) is 0.589. The van der Waals surface area contributed by atoms with E-state index in [9.17, 15) is 9.18 Å². The van der Waals surface area contributed by atoms with Crippen LogP contribution in [0.15, 0.2) is 66.9 Å². The topological polar surface area (TPSA) is 69.7 Å². The maximum absolute atomic E-state index is 12.9. The number of carbonyl (C=O) groups is 1. The molecule has 0 radical (unpaired) electrons. The summed E-state index contributed by atoms with van der Waals surface area (Å²) in [7, 11) is 3.11. The number of carbonyl (C=O) groups excluding carboxylic acids is 1. The van der Waals surface area contributed by atoms with E-state index in [-0.39, 0.29) is 11.7 Å². The van der Waals surface area contributed by atoms with Gasteiger partial charge in [0.1, 0.15) is 23.1 Å². The molecule has 0 aliphatic carbocycles. The average Bonchev–Trinajstić information content (AvgIpc) is 2.75. The molecule has 0 aliphatic heterocycles. The highest BCUT2D eigenvalue weighted by Crippen LogP contribution is 2.28. The van der Waals surface area contributed by atoms with Crippen LogP contribution in [0.4, 0.5) is 10.2 Å². The van der Waals surface area contributed by atoms with E-state index >= 15 is 0 Å². The predicted octanol–water partition coefficient (Wildman–Crippen LogP) is 4.68. The summed E-state index contributed by atoms with van der Waals surface area (Å²) in [4.78, 5) is 16.2. The van der Waals surface area contributed by atoms with Crippen molar-refractivity contribution < 1.29 is 23.4 Å². The minimum absolute atomic E-state index is 0.334. The number of nitrogens with one attached hydrogen (secondary N) is 1. The number of aromatic nitrogens is 1. The van der Waals surface area contributed by atoms with Crippen LogP contribution in [0.2, 0.25) is 0 Å². The normalized spacial score (nSPS) is 10.6. The maximum atomic E-state index is 12.9. The second-order valence-corrected chi connectivity index (χ2v) is 5.87. The lowest BCUT2D eigenvalue weighted by molar-refractivity contribution is -0.111. The van der Waals surface area contributed by atoms with Gasteiger partial charge >= 0.3 is 0 Å². The third-order valence-electron chi connectivity index (χ3n) is 3.87. The van der Waals surface area contributed by atoms with Gasteiger partial charge in [-0.15, -0.1) is 0 Å². The fraction of sp³-hybridized carbons (Fsp3) is 0.0909. The fourth-order valence-corrected chi connectivity index (χ4v) is 2.45. The Morgan fingerprint density at radius 2 is 1.69 bits per heavy atom. The van der Waals surface area contributed by atoms with E-state index in [1.165, 1.54) is 36.5 Å². The van der Waals surface area contributed by atoms with Gasteiger partial charge in [-0.3, -0.25) is 4.79 Å². The molecule has 0 fully saturated rings. The van der Waals surface area contributed by atoms with E-state index in [1.807, 2.05) is 6.07 Å². The van der Waals surface area contributed by atoms with Crippen LogP contribution in [0.5, 0.6) is 23.0 Å². The summed E-state index contributed by atoms with van der Waals surface area (Å²) < 4.78 is 28.9. The largest absolute Gasteiger partial charge is 0.493 e. The molecule has 0 atom stereocenters. The number of amides is 1. The molecular weight excluding hydrogens is 375 g/mol. The van der Waals surface area contributed by atoms with E-state index in [4.69, 9.17) is 14.2 Å². The van der Waals surface area contributed by atoms with Gasteiger partial charge in [-0.05, 0) is 60.2 Å². The van der Waals surface area contributed by atoms with E-state index in [1.54, 1.807) is 44.6 Å². The molecule has 148 valence electrons. The second-order valence-electron chi connectivity index (χ2n) is 5.87. The number of methoxy groups -OCH3 is 2. The molecule has 0 bridgehead atoms. The second kappa shape index (κ2) is 9.36. The summed E-state index contributed by atoms with van der Waals surface area (Å²) in [6.07, 6.45) is 4.52. The minimum Gasteiger partial charge on any atom is -0.493 e. The SMILES string of the molecule is COc1ccc(C=CC(=O)Nc2ccc(Oc3ccc(F)cc3)cn2)cc1OC. The lowest BCUT2D eigenvalue weighted by atomic mass is 10.2. The van der Waals surface area contributed by atoms with Crippen LogP contribution in [0.1, 0.15) is 5.56 Å². The number of halogens is 1. The zero-order chi connectivity index (χ0) is 20.6. The smallest absolute Gasteiger partial charge is 0.249 e. The fourth-order valence-electron chi connectivity index (χ4n) is 2.45. The van der Waals surface area contributed by atoms with Crippen LogP contribution in [0.25, 0.3) is 6.08 Å². The zero-order valence-corrected chi connectivity index (χ0v) is 15.9. The number of anilines is 1. The van der Waals surface area contributed by atoms with Gasteiger partial charge in [0.25, 0.3) is 0 Å². The number of hydrogen-bond donors (Lipinski definition) is 1. The highest BCUT2D eigenvalue weighted by atomic mass is 19.1. The monoisotopic (exact) mass is 394 g/mol. The van der Waals surface area contributed by atoms with Crippen LogP contribution in [-0.2, 0) is 4.79 Å². The first-order valence-corrected chi connectivity index (χ1v) is 8.68. The molecule has 29 heavy (non-hydrogen) atoms. The van der Waals surface area contributed by atoms with Gasteiger partial charge in [0.15, 0.2) is 11.5 Å². The Bertz CT molecular complexity index is 1000. The van der Waals surface area contributed by atoms with Crippen LogP contribution in [0, 0.1) is 5.82 Å². The van der Waals surface area contributed by atoms with Crippen molar-refractivity contribution in [3.05, 3.63) is 78.3 Å². The first-order chi connectivity index (χ1) is 14.1. The van der Waals surface area contributed by atoms with Crippen LogP contribution >= 0.6 is 0 Å². The summed E-state index contributed by atoms with van der Waals surface area (Å²) in [6, 6.07) is 14.3. The summed E-state index contributed by atoms with van der Waals surface area (Å²) in [6.45, 7) is 0. The number of rotatable bonds is 7. The molecular formula is C22H19FN2O4. The van der Waals surface area contributed by atoms with Crippen molar-refractivity contribution >= 4 is 17.8 Å². The average molecular weight is 394 g/mol. The Hall–Kier alpha value is -3.87. The molecule has 0 saturated heterocycles. The minimum atomic E-state index is -0.338. The summed E-state index contributed by atoms with van der Waals surface area (Å²) in [5.74, 6) is 1.85. The number of ether oxygens (including phenoxy) is 3. The van der Waals surface area contributed by atoms with Crippen LogP contribution in [-0.4, -0.2) is 25.1 Å². The number of benzene rings is 2. The van der Waals surface area contributed by atoms with Crippen LogP contribution in [0.3, 0.4) is 0 Å². The standard InChI is InChI=1S/C22H19FN2O4/c1-27-19-10-3-15(13-20(19)28-2)4-12-22(26)25-21-11-9-18(14-24-21)29-17-7-5-16(23)6-8-17/h3-14H,1-2H3,(H,24,25,26). The molecule has 6 nitrogen and oxygen atoms in total. The Balaban J connectivity index is 1.59. The first-order valence-electron chi connectivity index (χ1n) is 8.68. The van der Waals surface area contributed by atoms with Crippen molar-refractivity contribution in [1.29, 1.82) is 0 Å². The van der Waals surface area contributed by atoms with Crippen LogP contribution < -0.4 is 19.5 Å². The Kier molecular flexibility index (Phi) is 6.42. The van der Waals surface area contributed by atoms with Crippen molar-refractivity contribution in [1.82, 2.24) is 4.98 Å². The molecule has 0 aliphatic rings. The molecule has 3 rings (SSSR count). The lowest BCUT2D eigenvalue weighted by Gasteiger charge is -2.08. The van der Waals surface area contributed by atoms with Gasteiger partial charge in [-0.2, -0.15) is 0 Å². The molecule has 1 amide bonds. The van der Waals surface area contributed by atoms with Gasteiger partial charge in [-0.25, -0.2) is 9.37 Å². The Morgan fingerprint density at radius 1 is 0.966 bits per heavy atom. The van der Waals surface area contributed by atoms with Gasteiger partial charge in [-0.1, -0.05) is 6.07 Å². The van der Waals surface area contributed by atoms with Gasteiger partial charge in [0, 0.05) is 6.08 Å². The summed E-state index contributed by atoms with van der Waals surface area (Å²) in [5, 5.41) is 2.66. The highest BCUT2D eigenvalue weighted by Gasteiger charge is 2.04. The molecule has 0 saturated carbocycles. The van der Waals surface area contributed by atoms with Gasteiger partial charge in [0.05, 0.1) is 20.4 Å². The van der Waals surface area contributed by atoms with Crippen molar-refractivity contribution in [3.8, 4) is 23.0 Å². The molecule has 7 heteroatoms. The molecule has 1 heterocycles. The highest BCUT2D eigenvalue weighted by molar-refractivity contribution is 6.01. The number of nitrogens with zero attached hydrogens (tertiary/aromatic N) is 1. The third-order valence-corrected chi connectivity index (χ3v) is 3.87. The van der Waals surface area contributed by atoms with E-state index in [0.29, 0.717) is 28.8 Å². The van der Waals surface area contributed by atoms with Crippen molar-refractivity contribution in [3.63, 3.8) is 0 Å². The zero-order valence-electron chi connectivity index (χ0n) is 15.9. The van der Waals surface area contributed by atoms with E-state index in [0.717, 1.165) is 5.56 Å². The Morgan fingerprint density at radius 3 is 2.34 bits per heavy atom. The molecule has 3 aromatic rings. The van der Waals surface area contributed by atoms with Gasteiger partial charge < -0.3 is 19.5 Å². The molecule has 0 unspecified atom stereocenters. The molecule has 1 N–H and O–H groups in total. The number of pyridine rings is 1. The first kappa shape index (κ1) is 19.9. The number of hydrogen-bond acceptors (Lipinski definition) is 5. The maximum Gasteiger partial charge on any atom is 0.249 e. The van der Waals surface area contributed by atoms with E-state index < -0.39 is 0 Å². The third kappa shape index (κ3) is 5.55. The summed E-state index contributed by atoms with van der Waals surface area (Å²) >= 11 is 0. The Labute approximate surface area is 167 Å². The van der Waals surface area contributed by atoms with Gasteiger partial charge in [0.2, 0.25) is 5.91 Å². The van der Waals surface area contributed by atoms with Crippen molar-refractivity contribution in [2.24, 2.45) is 0 Å². The van der Waals surface area contributed by atoms with Crippen molar-refractivity contribution in [2.45, 2.75) is 0 Å². The van der Waals surface area contributed by atoms with Crippen molar-refractivity contribution in [2.75, 3.05) is 19.5 Å². The lowest BCUT2D eigenvalue weighted by Crippen LogP contribution is -2.08. The molecule has 0 spiro atoms. The predicted molar refractivity (Wildman–Crippen MR) is 108 cm³/mol. The molecule has 1 aromatic heterocycles. The molecule has 2 aromatic carbocycles. The van der Waals surface area contributed by atoms with E-state index in [2.05, 4.69) is 10.3 Å².